The average Bonchev–Trinajstić information content (AvgIpc) is 2.65. The van der Waals surface area contributed by atoms with Crippen LogP contribution in [0.2, 0.25) is 5.02 Å². The summed E-state index contributed by atoms with van der Waals surface area (Å²) in [6, 6.07) is 5.31. The van der Waals surface area contributed by atoms with Crippen LogP contribution in [0.5, 0.6) is 0 Å². The summed E-state index contributed by atoms with van der Waals surface area (Å²) in [5.41, 5.74) is 1.45. The molecule has 0 aliphatic heterocycles. The second-order valence-corrected chi connectivity index (χ2v) is 4.04. The lowest BCUT2D eigenvalue weighted by atomic mass is 10.1. The Morgan fingerprint density at radius 1 is 1.44 bits per heavy atom. The molecule has 1 atom stereocenters. The van der Waals surface area contributed by atoms with Gasteiger partial charge in [-0.3, -0.25) is 9.67 Å². The first-order chi connectivity index (χ1) is 7.65. The highest BCUT2D eigenvalue weighted by molar-refractivity contribution is 6.30. The Labute approximate surface area is 98.5 Å². The van der Waals surface area contributed by atoms with Gasteiger partial charge in [0.2, 0.25) is 0 Å². The first kappa shape index (κ1) is 11.1. The van der Waals surface area contributed by atoms with Crippen molar-refractivity contribution in [1.82, 2.24) is 14.8 Å². The Hall–Kier alpha value is -1.39. The molecule has 2 heterocycles. The summed E-state index contributed by atoms with van der Waals surface area (Å²) >= 11 is 5.72. The van der Waals surface area contributed by atoms with Crippen molar-refractivity contribution in [3.8, 4) is 0 Å². The van der Waals surface area contributed by atoms with Crippen molar-refractivity contribution >= 4 is 11.6 Å². The molecule has 1 unspecified atom stereocenters. The predicted octanol–water partition coefficient (Wildman–Crippen LogP) is 1.74. The number of pyridine rings is 1. The average molecular weight is 238 g/mol. The van der Waals surface area contributed by atoms with Gasteiger partial charge in [-0.25, -0.2) is 0 Å². The fourth-order valence-electron chi connectivity index (χ4n) is 1.46. The minimum absolute atomic E-state index is 0.454. The van der Waals surface area contributed by atoms with Crippen molar-refractivity contribution in [1.29, 1.82) is 0 Å². The summed E-state index contributed by atoms with van der Waals surface area (Å²) in [5, 5.41) is 14.7. The maximum atomic E-state index is 9.92. The zero-order chi connectivity index (χ0) is 11.5. The summed E-state index contributed by atoms with van der Waals surface area (Å²) in [5.74, 6) is 0. The third-order valence-electron chi connectivity index (χ3n) is 2.26. The van der Waals surface area contributed by atoms with Crippen LogP contribution in [-0.4, -0.2) is 19.9 Å². The van der Waals surface area contributed by atoms with Crippen LogP contribution in [0.3, 0.4) is 0 Å². The van der Waals surface area contributed by atoms with E-state index in [0.29, 0.717) is 17.1 Å². The molecule has 0 fully saturated rings. The maximum Gasteiger partial charge on any atom is 0.102 e. The molecule has 84 valence electrons. The van der Waals surface area contributed by atoms with E-state index in [1.807, 2.05) is 19.3 Å². The van der Waals surface area contributed by atoms with E-state index in [4.69, 9.17) is 11.6 Å². The highest BCUT2D eigenvalue weighted by Gasteiger charge is 2.11. The minimum Gasteiger partial charge on any atom is -0.386 e. The fourth-order valence-corrected chi connectivity index (χ4v) is 1.57. The summed E-state index contributed by atoms with van der Waals surface area (Å²) in [7, 11) is 1.84. The third kappa shape index (κ3) is 2.59. The van der Waals surface area contributed by atoms with Crippen LogP contribution in [-0.2, 0) is 13.5 Å². The number of hydrogen-bond donors (Lipinski definition) is 1. The van der Waals surface area contributed by atoms with E-state index in [0.717, 1.165) is 5.69 Å². The molecule has 16 heavy (non-hydrogen) atoms. The Kier molecular flexibility index (Phi) is 3.22. The van der Waals surface area contributed by atoms with Gasteiger partial charge in [0.15, 0.2) is 0 Å². The van der Waals surface area contributed by atoms with E-state index < -0.39 is 6.10 Å². The molecular formula is C11H12ClN3O. The van der Waals surface area contributed by atoms with Crippen LogP contribution in [0.25, 0.3) is 0 Å². The smallest absolute Gasteiger partial charge is 0.102 e. The Morgan fingerprint density at radius 3 is 2.81 bits per heavy atom. The van der Waals surface area contributed by atoms with E-state index in [1.165, 1.54) is 6.20 Å². The standard InChI is InChI=1S/C11H12ClN3O/c1-15-5-4-9(14-15)6-11(16)10-3-2-8(12)7-13-10/h2-5,7,11,16H,6H2,1H3. The quantitative estimate of drug-likeness (QED) is 0.885. The topological polar surface area (TPSA) is 50.9 Å². The van der Waals surface area contributed by atoms with E-state index in [1.54, 1.807) is 16.8 Å². The van der Waals surface area contributed by atoms with Crippen molar-refractivity contribution in [3.63, 3.8) is 0 Å². The summed E-state index contributed by atoms with van der Waals surface area (Å²) < 4.78 is 1.71. The zero-order valence-corrected chi connectivity index (χ0v) is 9.59. The summed E-state index contributed by atoms with van der Waals surface area (Å²) in [4.78, 5) is 4.06. The van der Waals surface area contributed by atoms with Crippen LogP contribution in [0.4, 0.5) is 0 Å². The molecule has 0 radical (unpaired) electrons. The van der Waals surface area contributed by atoms with Gasteiger partial charge in [-0.15, -0.1) is 0 Å². The number of hydrogen-bond acceptors (Lipinski definition) is 3. The van der Waals surface area contributed by atoms with Crippen LogP contribution in [0, 0.1) is 0 Å². The Bertz CT molecular complexity index is 466. The lowest BCUT2D eigenvalue weighted by molar-refractivity contribution is 0.172. The predicted molar refractivity (Wildman–Crippen MR) is 61.1 cm³/mol. The van der Waals surface area contributed by atoms with Crippen molar-refractivity contribution < 1.29 is 5.11 Å². The van der Waals surface area contributed by atoms with Crippen LogP contribution >= 0.6 is 11.6 Å². The molecule has 0 spiro atoms. The minimum atomic E-state index is -0.646. The van der Waals surface area contributed by atoms with Gasteiger partial charge in [0, 0.05) is 25.9 Å². The normalized spacial score (nSPS) is 12.7. The maximum absolute atomic E-state index is 9.92. The highest BCUT2D eigenvalue weighted by atomic mass is 35.5. The van der Waals surface area contributed by atoms with Gasteiger partial charge in [-0.2, -0.15) is 5.10 Å². The van der Waals surface area contributed by atoms with Crippen molar-refractivity contribution in [2.75, 3.05) is 0 Å². The molecule has 0 saturated heterocycles. The number of aromatic nitrogens is 3. The molecule has 1 N–H and O–H groups in total. The first-order valence-electron chi connectivity index (χ1n) is 4.93. The van der Waals surface area contributed by atoms with Gasteiger partial charge in [0.25, 0.3) is 0 Å². The highest BCUT2D eigenvalue weighted by Crippen LogP contribution is 2.16. The van der Waals surface area contributed by atoms with Gasteiger partial charge in [0.05, 0.1) is 16.4 Å². The molecule has 2 aromatic rings. The molecule has 0 amide bonds. The zero-order valence-electron chi connectivity index (χ0n) is 8.84. The summed E-state index contributed by atoms with van der Waals surface area (Å²) in [6.07, 6.45) is 3.18. The Morgan fingerprint density at radius 2 is 2.25 bits per heavy atom. The fraction of sp³-hybridized carbons (Fsp3) is 0.273. The number of aryl methyl sites for hydroxylation is 1. The second kappa shape index (κ2) is 4.63. The SMILES string of the molecule is Cn1ccc(CC(O)c2ccc(Cl)cn2)n1. The van der Waals surface area contributed by atoms with Gasteiger partial charge in [-0.1, -0.05) is 11.6 Å². The lowest BCUT2D eigenvalue weighted by Gasteiger charge is -2.07. The number of halogens is 1. The van der Waals surface area contributed by atoms with E-state index >= 15 is 0 Å². The molecule has 2 rings (SSSR count). The van der Waals surface area contributed by atoms with Crippen molar-refractivity contribution in [2.24, 2.45) is 7.05 Å². The van der Waals surface area contributed by atoms with Crippen LogP contribution in [0.15, 0.2) is 30.6 Å². The van der Waals surface area contributed by atoms with Gasteiger partial charge >= 0.3 is 0 Å². The number of aliphatic hydroxyl groups excluding tert-OH is 1. The van der Waals surface area contributed by atoms with Crippen molar-refractivity contribution in [3.05, 3.63) is 47.0 Å². The lowest BCUT2D eigenvalue weighted by Crippen LogP contribution is -2.04. The number of nitrogens with zero attached hydrogens (tertiary/aromatic N) is 3. The van der Waals surface area contributed by atoms with Gasteiger partial charge < -0.3 is 5.11 Å². The summed E-state index contributed by atoms with van der Waals surface area (Å²) in [6.45, 7) is 0. The second-order valence-electron chi connectivity index (χ2n) is 3.60. The van der Waals surface area contributed by atoms with Gasteiger partial charge in [0.1, 0.15) is 6.10 Å². The van der Waals surface area contributed by atoms with E-state index in [-0.39, 0.29) is 0 Å². The van der Waals surface area contributed by atoms with Crippen LogP contribution < -0.4 is 0 Å². The molecule has 0 aromatic carbocycles. The number of aliphatic hydroxyl groups is 1. The molecule has 0 saturated carbocycles. The molecule has 0 bridgehead atoms. The largest absolute Gasteiger partial charge is 0.386 e. The molecule has 5 heteroatoms. The molecular weight excluding hydrogens is 226 g/mol. The number of rotatable bonds is 3. The molecule has 2 aromatic heterocycles. The molecule has 0 aliphatic carbocycles. The van der Waals surface area contributed by atoms with Gasteiger partial charge in [-0.05, 0) is 18.2 Å². The molecule has 4 nitrogen and oxygen atoms in total. The first-order valence-corrected chi connectivity index (χ1v) is 5.31. The monoisotopic (exact) mass is 237 g/mol. The van der Waals surface area contributed by atoms with E-state index in [2.05, 4.69) is 10.1 Å². The third-order valence-corrected chi connectivity index (χ3v) is 2.49. The Balaban J connectivity index is 2.08. The van der Waals surface area contributed by atoms with Crippen LogP contribution in [0.1, 0.15) is 17.5 Å². The van der Waals surface area contributed by atoms with Crippen molar-refractivity contribution in [2.45, 2.75) is 12.5 Å². The van der Waals surface area contributed by atoms with E-state index in [9.17, 15) is 5.11 Å². The molecule has 0 aliphatic rings.